The first kappa shape index (κ1) is 21.2. The summed E-state index contributed by atoms with van der Waals surface area (Å²) in [7, 11) is 1.76. The molecule has 0 fully saturated rings. The topological polar surface area (TPSA) is 45.7 Å². The van der Waals surface area contributed by atoms with Crippen LogP contribution in [-0.4, -0.2) is 19.6 Å². The molecule has 0 spiro atoms. The van der Waals surface area contributed by atoms with E-state index < -0.39 is 0 Å². The zero-order valence-corrected chi connectivity index (χ0v) is 16.9. The van der Waals surface area contributed by atoms with E-state index in [0.717, 1.165) is 35.8 Å². The van der Waals surface area contributed by atoms with Gasteiger partial charge in [0.05, 0.1) is 0 Å². The minimum Gasteiger partial charge on any atom is -0.489 e. The molecule has 0 saturated carbocycles. The molecule has 0 aromatic heterocycles. The summed E-state index contributed by atoms with van der Waals surface area (Å²) in [6.45, 7) is 4.05. The van der Waals surface area contributed by atoms with E-state index in [1.807, 2.05) is 30.3 Å². The fourth-order valence-electron chi connectivity index (χ4n) is 2.15. The Morgan fingerprint density at radius 1 is 1.08 bits per heavy atom. The van der Waals surface area contributed by atoms with Crippen LogP contribution in [0.4, 0.5) is 4.39 Å². The van der Waals surface area contributed by atoms with Crippen LogP contribution < -0.4 is 15.4 Å². The normalized spacial score (nSPS) is 10.8. The summed E-state index contributed by atoms with van der Waals surface area (Å²) in [6, 6.07) is 14.3. The van der Waals surface area contributed by atoms with Crippen molar-refractivity contribution in [1.29, 1.82) is 0 Å². The maximum atomic E-state index is 13.1. The van der Waals surface area contributed by atoms with Crippen LogP contribution in [0.1, 0.15) is 24.5 Å². The standard InChI is InChI=1S/C19H24FN3O.HI/c1-3-11-22-19(21-2)23-13-15-7-9-18(10-8-15)24-14-16-5-4-6-17(20)12-16;/h4-10,12H,3,11,13-14H2,1-2H3,(H2,21,22,23);1H. The Bertz CT molecular complexity index is 662. The number of rotatable bonds is 7. The number of nitrogens with one attached hydrogen (secondary N) is 2. The van der Waals surface area contributed by atoms with Crippen molar-refractivity contribution in [2.75, 3.05) is 13.6 Å². The molecule has 0 heterocycles. The van der Waals surface area contributed by atoms with E-state index in [1.54, 1.807) is 13.1 Å². The molecule has 25 heavy (non-hydrogen) atoms. The molecule has 0 unspecified atom stereocenters. The molecule has 2 aromatic rings. The van der Waals surface area contributed by atoms with E-state index in [9.17, 15) is 4.39 Å². The summed E-state index contributed by atoms with van der Waals surface area (Å²) >= 11 is 0. The van der Waals surface area contributed by atoms with Crippen molar-refractivity contribution in [2.24, 2.45) is 4.99 Å². The Morgan fingerprint density at radius 2 is 1.84 bits per heavy atom. The lowest BCUT2D eigenvalue weighted by molar-refractivity contribution is 0.305. The van der Waals surface area contributed by atoms with Gasteiger partial charge in [0.2, 0.25) is 0 Å². The average molecular weight is 457 g/mol. The molecule has 0 saturated heterocycles. The Hall–Kier alpha value is -1.83. The Labute approximate surface area is 165 Å². The number of halogens is 2. The average Bonchev–Trinajstić information content (AvgIpc) is 2.61. The molecule has 0 atom stereocenters. The van der Waals surface area contributed by atoms with Crippen molar-refractivity contribution in [3.8, 4) is 5.75 Å². The first-order chi connectivity index (χ1) is 11.7. The summed E-state index contributed by atoms with van der Waals surface area (Å²) in [5.41, 5.74) is 1.94. The van der Waals surface area contributed by atoms with Crippen LogP contribution in [0.2, 0.25) is 0 Å². The second-order valence-corrected chi connectivity index (χ2v) is 5.42. The maximum Gasteiger partial charge on any atom is 0.191 e. The molecular formula is C19H25FIN3O. The second kappa shape index (κ2) is 11.7. The van der Waals surface area contributed by atoms with Gasteiger partial charge in [-0.05, 0) is 41.8 Å². The molecular weight excluding hydrogens is 432 g/mol. The van der Waals surface area contributed by atoms with E-state index >= 15 is 0 Å². The summed E-state index contributed by atoms with van der Waals surface area (Å²) in [5, 5.41) is 6.49. The van der Waals surface area contributed by atoms with E-state index in [2.05, 4.69) is 22.5 Å². The monoisotopic (exact) mass is 457 g/mol. The summed E-state index contributed by atoms with van der Waals surface area (Å²) < 4.78 is 18.8. The number of hydrogen-bond donors (Lipinski definition) is 2. The Kier molecular flexibility index (Phi) is 9.91. The lowest BCUT2D eigenvalue weighted by Gasteiger charge is -2.12. The van der Waals surface area contributed by atoms with Crippen LogP contribution >= 0.6 is 24.0 Å². The molecule has 2 rings (SSSR count). The first-order valence-electron chi connectivity index (χ1n) is 8.12. The highest BCUT2D eigenvalue weighted by Crippen LogP contribution is 2.14. The van der Waals surface area contributed by atoms with Gasteiger partial charge in [-0.1, -0.05) is 31.2 Å². The van der Waals surface area contributed by atoms with Gasteiger partial charge in [-0.3, -0.25) is 4.99 Å². The third-order valence-electron chi connectivity index (χ3n) is 3.44. The molecule has 0 radical (unpaired) electrons. The highest BCUT2D eigenvalue weighted by molar-refractivity contribution is 14.0. The van der Waals surface area contributed by atoms with Crippen molar-refractivity contribution >= 4 is 29.9 Å². The second-order valence-electron chi connectivity index (χ2n) is 5.42. The Morgan fingerprint density at radius 3 is 2.48 bits per heavy atom. The van der Waals surface area contributed by atoms with Gasteiger partial charge in [-0.2, -0.15) is 0 Å². The highest BCUT2D eigenvalue weighted by atomic mass is 127. The van der Waals surface area contributed by atoms with Crippen molar-refractivity contribution in [1.82, 2.24) is 10.6 Å². The van der Waals surface area contributed by atoms with Crippen LogP contribution in [0.3, 0.4) is 0 Å². The minimum absolute atomic E-state index is 0. The first-order valence-corrected chi connectivity index (χ1v) is 8.12. The minimum atomic E-state index is -0.248. The number of aliphatic imine (C=N–C) groups is 1. The molecule has 2 aromatic carbocycles. The molecule has 0 amide bonds. The quantitative estimate of drug-likeness (QED) is 0.374. The number of ether oxygens (including phenoxy) is 1. The van der Waals surface area contributed by atoms with Crippen molar-refractivity contribution in [3.63, 3.8) is 0 Å². The lowest BCUT2D eigenvalue weighted by atomic mass is 10.2. The SMILES string of the molecule is CCCNC(=NC)NCc1ccc(OCc2cccc(F)c2)cc1.I. The Balaban J connectivity index is 0.00000312. The molecule has 0 aliphatic heterocycles. The summed E-state index contributed by atoms with van der Waals surface area (Å²) in [6.07, 6.45) is 1.05. The molecule has 2 N–H and O–H groups in total. The molecule has 6 heteroatoms. The van der Waals surface area contributed by atoms with Crippen molar-refractivity contribution < 1.29 is 9.13 Å². The largest absolute Gasteiger partial charge is 0.489 e. The van der Waals surface area contributed by atoms with Gasteiger partial charge < -0.3 is 15.4 Å². The third kappa shape index (κ3) is 7.72. The smallest absolute Gasteiger partial charge is 0.191 e. The molecule has 0 bridgehead atoms. The van der Waals surface area contributed by atoms with Gasteiger partial charge >= 0.3 is 0 Å². The van der Waals surface area contributed by atoms with Gasteiger partial charge in [-0.15, -0.1) is 24.0 Å². The van der Waals surface area contributed by atoms with Crippen LogP contribution in [0.15, 0.2) is 53.5 Å². The van der Waals surface area contributed by atoms with Crippen molar-refractivity contribution in [3.05, 3.63) is 65.5 Å². The van der Waals surface area contributed by atoms with Crippen LogP contribution in [0.25, 0.3) is 0 Å². The molecule has 4 nitrogen and oxygen atoms in total. The predicted molar refractivity (Wildman–Crippen MR) is 111 cm³/mol. The lowest BCUT2D eigenvalue weighted by Crippen LogP contribution is -2.37. The van der Waals surface area contributed by atoms with Crippen LogP contribution in [0.5, 0.6) is 5.75 Å². The van der Waals surface area contributed by atoms with Gasteiger partial charge in [0.25, 0.3) is 0 Å². The summed E-state index contributed by atoms with van der Waals surface area (Å²) in [4.78, 5) is 4.17. The number of nitrogens with zero attached hydrogens (tertiary/aromatic N) is 1. The van der Waals surface area contributed by atoms with E-state index in [0.29, 0.717) is 13.2 Å². The number of benzene rings is 2. The number of guanidine groups is 1. The van der Waals surface area contributed by atoms with Gasteiger partial charge in [-0.25, -0.2) is 4.39 Å². The molecule has 0 aliphatic carbocycles. The van der Waals surface area contributed by atoms with Gasteiger partial charge in [0.15, 0.2) is 5.96 Å². The molecule has 136 valence electrons. The van der Waals surface area contributed by atoms with Gasteiger partial charge in [0.1, 0.15) is 18.2 Å². The van der Waals surface area contributed by atoms with E-state index in [1.165, 1.54) is 12.1 Å². The fraction of sp³-hybridized carbons (Fsp3) is 0.316. The van der Waals surface area contributed by atoms with Gasteiger partial charge in [0, 0.05) is 20.1 Å². The predicted octanol–water partition coefficient (Wildman–Crippen LogP) is 4.10. The van der Waals surface area contributed by atoms with Crippen LogP contribution in [-0.2, 0) is 13.2 Å². The summed E-state index contributed by atoms with van der Waals surface area (Å²) in [5.74, 6) is 1.31. The number of hydrogen-bond acceptors (Lipinski definition) is 2. The fourth-order valence-corrected chi connectivity index (χ4v) is 2.15. The third-order valence-corrected chi connectivity index (χ3v) is 3.44. The van der Waals surface area contributed by atoms with E-state index in [-0.39, 0.29) is 29.8 Å². The highest BCUT2D eigenvalue weighted by Gasteiger charge is 2.00. The van der Waals surface area contributed by atoms with E-state index in [4.69, 9.17) is 4.74 Å². The zero-order valence-electron chi connectivity index (χ0n) is 14.6. The van der Waals surface area contributed by atoms with Crippen molar-refractivity contribution in [2.45, 2.75) is 26.5 Å². The maximum absolute atomic E-state index is 13.1. The zero-order chi connectivity index (χ0) is 17.2. The molecule has 0 aliphatic rings. The van der Waals surface area contributed by atoms with Crippen LogP contribution in [0, 0.1) is 5.82 Å².